The van der Waals surface area contributed by atoms with Crippen LogP contribution >= 0.6 is 0 Å². The van der Waals surface area contributed by atoms with Gasteiger partial charge in [0.05, 0.1) is 0 Å². The lowest BCUT2D eigenvalue weighted by molar-refractivity contribution is -0.151. The molecule has 0 bridgehead atoms. The minimum Gasteiger partial charge on any atom is -0.342 e. The summed E-state index contributed by atoms with van der Waals surface area (Å²) in [6.07, 6.45) is 7.83. The van der Waals surface area contributed by atoms with E-state index in [-0.39, 0.29) is 23.9 Å². The molecule has 3 unspecified atom stereocenters. The molecule has 2 rings (SSSR count). The van der Waals surface area contributed by atoms with Crippen LogP contribution in [0.3, 0.4) is 0 Å². The molecule has 1 aliphatic heterocycles. The standard InChI is InChI=1S/C13H18N2O2/c1-4-5-8(2)15-9(3)12(16)14-11(13(15)17)10-6-7-10/h1,8-11H,5-7H2,2-3H3,(H,14,16). The number of carbonyl (C=O) groups excluding carboxylic acids is 2. The van der Waals surface area contributed by atoms with Gasteiger partial charge in [0.1, 0.15) is 12.1 Å². The SMILES string of the molecule is C#CCC(C)N1C(=O)C(C2CC2)NC(=O)C1C. The fraction of sp³-hybridized carbons (Fsp3) is 0.692. The van der Waals surface area contributed by atoms with E-state index in [1.165, 1.54) is 0 Å². The molecule has 1 N–H and O–H groups in total. The van der Waals surface area contributed by atoms with Crippen LogP contribution < -0.4 is 5.32 Å². The van der Waals surface area contributed by atoms with Gasteiger partial charge in [-0.1, -0.05) is 0 Å². The summed E-state index contributed by atoms with van der Waals surface area (Å²) in [5, 5.41) is 2.82. The molecule has 3 atom stereocenters. The van der Waals surface area contributed by atoms with Crippen LogP contribution in [0.2, 0.25) is 0 Å². The molecular weight excluding hydrogens is 216 g/mol. The van der Waals surface area contributed by atoms with Crippen molar-refractivity contribution in [1.29, 1.82) is 0 Å². The van der Waals surface area contributed by atoms with Gasteiger partial charge in [-0.25, -0.2) is 0 Å². The minimum atomic E-state index is -0.416. The molecule has 2 fully saturated rings. The van der Waals surface area contributed by atoms with Gasteiger partial charge in [0.15, 0.2) is 0 Å². The van der Waals surface area contributed by atoms with E-state index in [1.54, 1.807) is 11.8 Å². The second-order valence-corrected chi connectivity index (χ2v) is 5.00. The van der Waals surface area contributed by atoms with Gasteiger partial charge in [0, 0.05) is 12.5 Å². The van der Waals surface area contributed by atoms with Crippen molar-refractivity contribution in [3.8, 4) is 12.3 Å². The molecule has 4 nitrogen and oxygen atoms in total. The van der Waals surface area contributed by atoms with Crippen molar-refractivity contribution in [1.82, 2.24) is 10.2 Å². The average Bonchev–Trinajstić information content (AvgIpc) is 3.08. The number of terminal acetylenes is 1. The highest BCUT2D eigenvalue weighted by Gasteiger charge is 2.46. The molecule has 0 aromatic rings. The average molecular weight is 234 g/mol. The Kier molecular flexibility index (Phi) is 3.10. The molecule has 1 heterocycles. The molecule has 1 aliphatic carbocycles. The first-order valence-corrected chi connectivity index (χ1v) is 6.12. The highest BCUT2D eigenvalue weighted by molar-refractivity contribution is 5.97. The fourth-order valence-electron chi connectivity index (χ4n) is 2.43. The Morgan fingerprint density at radius 2 is 2.18 bits per heavy atom. The Labute approximate surface area is 102 Å². The number of hydrogen-bond donors (Lipinski definition) is 1. The largest absolute Gasteiger partial charge is 0.342 e. The first-order chi connectivity index (χ1) is 8.06. The lowest BCUT2D eigenvalue weighted by Gasteiger charge is -2.40. The third-order valence-electron chi connectivity index (χ3n) is 3.60. The van der Waals surface area contributed by atoms with Crippen LogP contribution in [-0.2, 0) is 9.59 Å². The summed E-state index contributed by atoms with van der Waals surface area (Å²) in [5.74, 6) is 2.85. The quantitative estimate of drug-likeness (QED) is 0.724. The van der Waals surface area contributed by atoms with Crippen LogP contribution in [0.15, 0.2) is 0 Å². The molecular formula is C13H18N2O2. The Bertz CT molecular complexity index is 381. The number of hydrogen-bond acceptors (Lipinski definition) is 2. The second-order valence-electron chi connectivity index (χ2n) is 5.00. The smallest absolute Gasteiger partial charge is 0.246 e. The van der Waals surface area contributed by atoms with E-state index >= 15 is 0 Å². The van der Waals surface area contributed by atoms with Crippen LogP contribution in [0, 0.1) is 18.3 Å². The van der Waals surface area contributed by atoms with Crippen molar-refractivity contribution in [2.75, 3.05) is 0 Å². The highest BCUT2D eigenvalue weighted by Crippen LogP contribution is 2.35. The van der Waals surface area contributed by atoms with Crippen LogP contribution in [0.1, 0.15) is 33.1 Å². The van der Waals surface area contributed by atoms with Gasteiger partial charge in [-0.05, 0) is 32.6 Å². The molecule has 1 saturated heterocycles. The third-order valence-corrected chi connectivity index (χ3v) is 3.60. The second kappa shape index (κ2) is 4.40. The number of nitrogens with one attached hydrogen (secondary N) is 1. The van der Waals surface area contributed by atoms with Crippen molar-refractivity contribution in [2.24, 2.45) is 5.92 Å². The van der Waals surface area contributed by atoms with Gasteiger partial charge in [-0.3, -0.25) is 9.59 Å². The van der Waals surface area contributed by atoms with Crippen molar-refractivity contribution in [3.63, 3.8) is 0 Å². The zero-order chi connectivity index (χ0) is 12.6. The number of piperazine rings is 1. The van der Waals surface area contributed by atoms with Crippen LogP contribution in [0.5, 0.6) is 0 Å². The summed E-state index contributed by atoms with van der Waals surface area (Å²) in [7, 11) is 0. The topological polar surface area (TPSA) is 49.4 Å². The molecule has 0 radical (unpaired) electrons. The van der Waals surface area contributed by atoms with Gasteiger partial charge < -0.3 is 10.2 Å². The van der Waals surface area contributed by atoms with Crippen molar-refractivity contribution in [3.05, 3.63) is 0 Å². The molecule has 0 spiro atoms. The zero-order valence-corrected chi connectivity index (χ0v) is 10.3. The summed E-state index contributed by atoms with van der Waals surface area (Å²) in [5.41, 5.74) is 0. The fourth-order valence-corrected chi connectivity index (χ4v) is 2.43. The normalized spacial score (nSPS) is 30.8. The summed E-state index contributed by atoms with van der Waals surface area (Å²) < 4.78 is 0. The van der Waals surface area contributed by atoms with Crippen LogP contribution in [0.4, 0.5) is 0 Å². The molecule has 2 amide bonds. The third kappa shape index (κ3) is 2.14. The molecule has 92 valence electrons. The van der Waals surface area contributed by atoms with Gasteiger partial charge >= 0.3 is 0 Å². The Hall–Kier alpha value is -1.50. The molecule has 2 aliphatic rings. The van der Waals surface area contributed by atoms with E-state index in [9.17, 15) is 9.59 Å². The molecule has 17 heavy (non-hydrogen) atoms. The lowest BCUT2D eigenvalue weighted by atomic mass is 10.0. The summed E-state index contributed by atoms with van der Waals surface area (Å²) >= 11 is 0. The Balaban J connectivity index is 2.18. The van der Waals surface area contributed by atoms with E-state index < -0.39 is 6.04 Å². The number of carbonyl (C=O) groups is 2. The molecule has 0 aromatic carbocycles. The molecule has 1 saturated carbocycles. The van der Waals surface area contributed by atoms with E-state index in [2.05, 4.69) is 11.2 Å². The van der Waals surface area contributed by atoms with Gasteiger partial charge in [-0.15, -0.1) is 12.3 Å². The number of amides is 2. The maximum atomic E-state index is 12.3. The van der Waals surface area contributed by atoms with Gasteiger partial charge in [0.2, 0.25) is 11.8 Å². The number of nitrogens with zero attached hydrogens (tertiary/aromatic N) is 1. The van der Waals surface area contributed by atoms with Crippen LogP contribution in [-0.4, -0.2) is 34.8 Å². The van der Waals surface area contributed by atoms with E-state index in [0.717, 1.165) is 12.8 Å². The zero-order valence-electron chi connectivity index (χ0n) is 10.3. The minimum absolute atomic E-state index is 0.0300. The first kappa shape index (κ1) is 12.0. The van der Waals surface area contributed by atoms with E-state index in [4.69, 9.17) is 6.42 Å². The summed E-state index contributed by atoms with van der Waals surface area (Å²) in [4.78, 5) is 25.8. The highest BCUT2D eigenvalue weighted by atomic mass is 16.2. The maximum Gasteiger partial charge on any atom is 0.246 e. The lowest BCUT2D eigenvalue weighted by Crippen LogP contribution is -2.65. The summed E-state index contributed by atoms with van der Waals surface area (Å²) in [6, 6.07) is -0.811. The van der Waals surface area contributed by atoms with Gasteiger partial charge in [0.25, 0.3) is 0 Å². The van der Waals surface area contributed by atoms with Crippen molar-refractivity contribution < 1.29 is 9.59 Å². The van der Waals surface area contributed by atoms with Gasteiger partial charge in [-0.2, -0.15) is 0 Å². The monoisotopic (exact) mass is 234 g/mol. The Morgan fingerprint density at radius 1 is 1.53 bits per heavy atom. The summed E-state index contributed by atoms with van der Waals surface area (Å²) in [6.45, 7) is 3.65. The maximum absolute atomic E-state index is 12.3. The number of rotatable bonds is 3. The van der Waals surface area contributed by atoms with Crippen molar-refractivity contribution >= 4 is 11.8 Å². The molecule has 4 heteroatoms. The Morgan fingerprint density at radius 3 is 2.71 bits per heavy atom. The van der Waals surface area contributed by atoms with E-state index in [1.807, 2.05) is 6.92 Å². The first-order valence-electron chi connectivity index (χ1n) is 6.12. The predicted octanol–water partition coefficient (Wildman–Crippen LogP) is 0.524. The van der Waals surface area contributed by atoms with Crippen LogP contribution in [0.25, 0.3) is 0 Å². The molecule has 0 aromatic heterocycles. The predicted molar refractivity (Wildman–Crippen MR) is 63.9 cm³/mol. The van der Waals surface area contributed by atoms with E-state index in [0.29, 0.717) is 12.3 Å². The van der Waals surface area contributed by atoms with Crippen molar-refractivity contribution in [2.45, 2.75) is 51.2 Å².